The Bertz CT molecular complexity index is 1420. The largest absolute Gasteiger partial charge is 0.507 e. The van der Waals surface area contributed by atoms with Crippen LogP contribution in [-0.2, 0) is 14.2 Å². The fourth-order valence-electron chi connectivity index (χ4n) is 4.62. The van der Waals surface area contributed by atoms with Crippen LogP contribution < -0.4 is 14.9 Å². The Morgan fingerprint density at radius 3 is 2.36 bits per heavy atom. The number of methoxy groups -OCH3 is 1. The normalized spacial score (nSPS) is 33.4. The van der Waals surface area contributed by atoms with Crippen LogP contribution in [0, 0.1) is 0 Å². The number of aromatic hydroxyl groups is 2. The lowest BCUT2D eigenvalue weighted by atomic mass is 9.99. The predicted octanol–water partition coefficient (Wildman–Crippen LogP) is -0.964. The minimum Gasteiger partial charge on any atom is -0.507 e. The predicted molar refractivity (Wildman–Crippen MR) is 129 cm³/mol. The van der Waals surface area contributed by atoms with Crippen LogP contribution in [0.2, 0.25) is 0 Å². The standard InChI is InChI=1S/C25H28O14/c1-8-17(28)21(32)22(33)24(36-8)39-23-18(29)11(27)7-35-25(23)38-13-4-3-12-16(19(13)30)20(31)15-10(26)5-9(34-2)6-14(15)37-12/h3-6,8,11,17-18,21-30,32-33H,7H2,1-2H3/t8-,11-,17-,18+,21+,22+,23+,24-,25-/m0/s1. The lowest BCUT2D eigenvalue weighted by Gasteiger charge is -2.43. The van der Waals surface area contributed by atoms with Crippen LogP contribution in [0.25, 0.3) is 21.9 Å². The second kappa shape index (κ2) is 10.4. The van der Waals surface area contributed by atoms with Gasteiger partial charge in [-0.3, -0.25) is 4.79 Å². The van der Waals surface area contributed by atoms with E-state index in [-0.39, 0.29) is 33.4 Å². The third-order valence-electron chi connectivity index (χ3n) is 6.84. The second-order valence-electron chi connectivity index (χ2n) is 9.40. The summed E-state index contributed by atoms with van der Waals surface area (Å²) in [6.45, 7) is 1.04. The molecule has 5 rings (SSSR count). The highest BCUT2D eigenvalue weighted by Gasteiger charge is 2.48. The Morgan fingerprint density at radius 2 is 1.64 bits per heavy atom. The second-order valence-corrected chi connectivity index (χ2v) is 9.40. The molecule has 9 atom stereocenters. The van der Waals surface area contributed by atoms with E-state index in [0.29, 0.717) is 0 Å². The SMILES string of the molecule is COc1cc(O)c2c(=O)c3c(O)c(O[C@@H]4OC[C@H](O)[C@@H](O)[C@H]4O[C@@H]4O[C@@H](C)[C@H](O)[C@@H](O)[C@H]4O)ccc3oc2c1. The van der Waals surface area contributed by atoms with Crippen LogP contribution in [0.1, 0.15) is 6.92 Å². The molecule has 0 spiro atoms. The van der Waals surface area contributed by atoms with Crippen molar-refractivity contribution in [1.29, 1.82) is 0 Å². The van der Waals surface area contributed by atoms with Gasteiger partial charge in [-0.15, -0.1) is 0 Å². The van der Waals surface area contributed by atoms with Crippen LogP contribution in [0.15, 0.2) is 33.5 Å². The van der Waals surface area contributed by atoms with E-state index < -0.39 is 78.8 Å². The number of ether oxygens (including phenoxy) is 5. The monoisotopic (exact) mass is 552 g/mol. The van der Waals surface area contributed by atoms with Crippen molar-refractivity contribution in [2.45, 2.75) is 62.2 Å². The zero-order valence-electron chi connectivity index (χ0n) is 20.7. The topological polar surface area (TPSA) is 218 Å². The zero-order valence-corrected chi connectivity index (χ0v) is 20.7. The van der Waals surface area contributed by atoms with E-state index in [1.54, 1.807) is 0 Å². The number of hydrogen-bond donors (Lipinski definition) is 7. The van der Waals surface area contributed by atoms with Crippen LogP contribution in [0.4, 0.5) is 0 Å². The van der Waals surface area contributed by atoms with Gasteiger partial charge in [-0.1, -0.05) is 0 Å². The van der Waals surface area contributed by atoms with E-state index in [1.807, 2.05) is 0 Å². The summed E-state index contributed by atoms with van der Waals surface area (Å²) >= 11 is 0. The molecule has 2 aromatic carbocycles. The van der Waals surface area contributed by atoms with Crippen molar-refractivity contribution in [3.05, 3.63) is 34.5 Å². The van der Waals surface area contributed by atoms with Crippen molar-refractivity contribution in [2.75, 3.05) is 13.7 Å². The Hall–Kier alpha value is -3.21. The van der Waals surface area contributed by atoms with E-state index >= 15 is 0 Å². The summed E-state index contributed by atoms with van der Waals surface area (Å²) in [4.78, 5) is 13.2. The van der Waals surface area contributed by atoms with Crippen molar-refractivity contribution in [1.82, 2.24) is 0 Å². The highest BCUT2D eigenvalue weighted by molar-refractivity contribution is 5.97. The molecule has 2 aliphatic rings. The summed E-state index contributed by atoms with van der Waals surface area (Å²) < 4.78 is 33.0. The highest BCUT2D eigenvalue weighted by atomic mass is 16.8. The third kappa shape index (κ3) is 4.74. The molecule has 7 N–H and O–H groups in total. The van der Waals surface area contributed by atoms with Crippen molar-refractivity contribution in [2.24, 2.45) is 0 Å². The van der Waals surface area contributed by atoms with E-state index in [9.17, 15) is 40.5 Å². The van der Waals surface area contributed by atoms with Crippen LogP contribution in [0.5, 0.6) is 23.0 Å². The van der Waals surface area contributed by atoms with Gasteiger partial charge in [-0.25, -0.2) is 0 Å². The molecule has 0 amide bonds. The highest BCUT2D eigenvalue weighted by Crippen LogP contribution is 2.38. The van der Waals surface area contributed by atoms with Gasteiger partial charge in [0.25, 0.3) is 0 Å². The molecule has 2 fully saturated rings. The summed E-state index contributed by atoms with van der Waals surface area (Å²) in [5.74, 6) is -1.14. The number of aliphatic hydroxyl groups excluding tert-OH is 5. The minimum atomic E-state index is -1.72. The molecule has 0 saturated carbocycles. The lowest BCUT2D eigenvalue weighted by Crippen LogP contribution is -2.62. The molecular formula is C25H28O14. The van der Waals surface area contributed by atoms with Crippen molar-refractivity contribution >= 4 is 21.9 Å². The Morgan fingerprint density at radius 1 is 0.897 bits per heavy atom. The van der Waals surface area contributed by atoms with Gasteiger partial charge in [0, 0.05) is 12.1 Å². The molecular weight excluding hydrogens is 524 g/mol. The number of aliphatic hydroxyl groups is 5. The molecule has 0 bridgehead atoms. The summed E-state index contributed by atoms with van der Waals surface area (Å²) in [6, 6.07) is 5.21. The van der Waals surface area contributed by atoms with Crippen molar-refractivity contribution in [3.63, 3.8) is 0 Å². The van der Waals surface area contributed by atoms with Crippen LogP contribution in [-0.4, -0.2) is 105 Å². The van der Waals surface area contributed by atoms with Gasteiger partial charge in [0.1, 0.15) is 64.0 Å². The molecule has 0 unspecified atom stereocenters. The molecule has 14 nitrogen and oxygen atoms in total. The maximum absolute atomic E-state index is 13.2. The Kier molecular flexibility index (Phi) is 7.30. The quantitative estimate of drug-likeness (QED) is 0.190. The van der Waals surface area contributed by atoms with Gasteiger partial charge in [-0.2, -0.15) is 0 Å². The summed E-state index contributed by atoms with van der Waals surface area (Å²) in [5, 5.41) is 71.9. The molecule has 2 aliphatic heterocycles. The van der Waals surface area contributed by atoms with Crippen molar-refractivity contribution in [3.8, 4) is 23.0 Å². The molecule has 3 heterocycles. The fourth-order valence-corrected chi connectivity index (χ4v) is 4.62. The van der Waals surface area contributed by atoms with Gasteiger partial charge >= 0.3 is 0 Å². The maximum Gasteiger partial charge on any atom is 0.229 e. The molecule has 14 heteroatoms. The fraction of sp³-hybridized carbons (Fsp3) is 0.480. The smallest absolute Gasteiger partial charge is 0.229 e. The van der Waals surface area contributed by atoms with E-state index in [1.165, 1.54) is 38.3 Å². The van der Waals surface area contributed by atoms with E-state index in [2.05, 4.69) is 0 Å². The van der Waals surface area contributed by atoms with Gasteiger partial charge in [0.2, 0.25) is 11.7 Å². The molecule has 39 heavy (non-hydrogen) atoms. The number of phenolic OH excluding ortho intramolecular Hbond substituents is 2. The first kappa shape index (κ1) is 27.4. The number of rotatable bonds is 5. The molecule has 1 aromatic heterocycles. The van der Waals surface area contributed by atoms with E-state index in [4.69, 9.17) is 28.1 Å². The summed E-state index contributed by atoms with van der Waals surface area (Å²) in [5.41, 5.74) is -0.772. The van der Waals surface area contributed by atoms with Gasteiger partial charge < -0.3 is 63.8 Å². The third-order valence-corrected chi connectivity index (χ3v) is 6.84. The average Bonchev–Trinajstić information content (AvgIpc) is 2.90. The minimum absolute atomic E-state index is 0.0196. The molecule has 212 valence electrons. The van der Waals surface area contributed by atoms with Gasteiger partial charge in [-0.05, 0) is 19.1 Å². The number of fused-ring (bicyclic) bond motifs is 2. The van der Waals surface area contributed by atoms with E-state index in [0.717, 1.165) is 0 Å². The van der Waals surface area contributed by atoms with Crippen molar-refractivity contribution < 1.29 is 63.8 Å². The van der Waals surface area contributed by atoms with Crippen LogP contribution in [0.3, 0.4) is 0 Å². The molecule has 2 saturated heterocycles. The number of phenols is 2. The van der Waals surface area contributed by atoms with Gasteiger partial charge in [0.05, 0.1) is 19.8 Å². The summed E-state index contributed by atoms with van der Waals surface area (Å²) in [7, 11) is 1.38. The maximum atomic E-state index is 13.2. The van der Waals surface area contributed by atoms with Gasteiger partial charge in [0.15, 0.2) is 23.9 Å². The average molecular weight is 552 g/mol. The lowest BCUT2D eigenvalue weighted by molar-refractivity contribution is -0.344. The van der Waals surface area contributed by atoms with Crippen LogP contribution >= 0.6 is 0 Å². The molecule has 3 aromatic rings. The zero-order chi connectivity index (χ0) is 28.2. The summed E-state index contributed by atoms with van der Waals surface area (Å²) in [6.07, 6.45) is -13.3. The first-order valence-electron chi connectivity index (χ1n) is 12.0. The first-order chi connectivity index (χ1) is 18.5. The number of benzene rings is 2. The Balaban J connectivity index is 1.48. The molecule has 0 radical (unpaired) electrons. The molecule has 0 aliphatic carbocycles. The number of hydrogen-bond acceptors (Lipinski definition) is 14. The first-order valence-corrected chi connectivity index (χ1v) is 12.0. The Labute approximate surface area is 219 Å².